The fourth-order valence-corrected chi connectivity index (χ4v) is 1.46. The first-order valence-electron chi connectivity index (χ1n) is 5.30. The maximum atomic E-state index is 11.9. The SMILES string of the molecule is CC(C)(CCl)C(=O)Nc1ccc2c(c1)OCO2. The minimum Gasteiger partial charge on any atom is -0.454 e. The minimum absolute atomic E-state index is 0.119. The lowest BCUT2D eigenvalue weighted by atomic mass is 9.95. The summed E-state index contributed by atoms with van der Waals surface area (Å²) in [5.74, 6) is 1.49. The molecule has 1 aromatic carbocycles. The van der Waals surface area contributed by atoms with Gasteiger partial charge in [-0.2, -0.15) is 0 Å². The van der Waals surface area contributed by atoms with E-state index in [-0.39, 0.29) is 18.6 Å². The predicted octanol–water partition coefficient (Wildman–Crippen LogP) is 2.62. The van der Waals surface area contributed by atoms with Gasteiger partial charge in [0.1, 0.15) is 0 Å². The Morgan fingerprint density at radius 2 is 2.12 bits per heavy atom. The summed E-state index contributed by atoms with van der Waals surface area (Å²) in [5, 5.41) is 2.80. The number of hydrogen-bond donors (Lipinski definition) is 1. The van der Waals surface area contributed by atoms with Gasteiger partial charge in [-0.25, -0.2) is 0 Å². The smallest absolute Gasteiger partial charge is 0.231 e. The average Bonchev–Trinajstić information content (AvgIpc) is 2.76. The van der Waals surface area contributed by atoms with E-state index < -0.39 is 5.41 Å². The molecule has 1 aliphatic rings. The Morgan fingerprint density at radius 3 is 2.82 bits per heavy atom. The molecule has 92 valence electrons. The van der Waals surface area contributed by atoms with Crippen molar-refractivity contribution in [3.05, 3.63) is 18.2 Å². The van der Waals surface area contributed by atoms with Crippen LogP contribution in [-0.4, -0.2) is 18.6 Å². The van der Waals surface area contributed by atoms with Crippen LogP contribution in [0.1, 0.15) is 13.8 Å². The van der Waals surface area contributed by atoms with E-state index in [9.17, 15) is 4.79 Å². The van der Waals surface area contributed by atoms with E-state index in [1.54, 1.807) is 32.0 Å². The van der Waals surface area contributed by atoms with Crippen molar-refractivity contribution in [2.75, 3.05) is 18.0 Å². The van der Waals surface area contributed by atoms with E-state index in [1.807, 2.05) is 0 Å². The second-order valence-corrected chi connectivity index (χ2v) is 4.81. The molecular formula is C12H14ClNO3. The van der Waals surface area contributed by atoms with Gasteiger partial charge < -0.3 is 14.8 Å². The van der Waals surface area contributed by atoms with Gasteiger partial charge in [-0.15, -0.1) is 11.6 Å². The Bertz CT molecular complexity index is 445. The normalized spacial score (nSPS) is 13.6. The number of nitrogens with one attached hydrogen (secondary N) is 1. The molecule has 5 heteroatoms. The lowest BCUT2D eigenvalue weighted by Gasteiger charge is -2.20. The Hall–Kier alpha value is -1.42. The number of carbonyl (C=O) groups is 1. The van der Waals surface area contributed by atoms with E-state index in [0.717, 1.165) is 0 Å². The van der Waals surface area contributed by atoms with Gasteiger partial charge in [0, 0.05) is 17.6 Å². The number of halogens is 1. The first-order valence-corrected chi connectivity index (χ1v) is 5.83. The number of carbonyl (C=O) groups excluding carboxylic acids is 1. The van der Waals surface area contributed by atoms with Crippen LogP contribution in [0.3, 0.4) is 0 Å². The molecule has 0 atom stereocenters. The molecule has 0 saturated heterocycles. The zero-order chi connectivity index (χ0) is 12.5. The number of fused-ring (bicyclic) bond motifs is 1. The van der Waals surface area contributed by atoms with Crippen LogP contribution < -0.4 is 14.8 Å². The topological polar surface area (TPSA) is 47.6 Å². The molecule has 0 spiro atoms. The van der Waals surface area contributed by atoms with Gasteiger partial charge in [-0.3, -0.25) is 4.79 Å². The molecule has 1 heterocycles. The third-order valence-corrected chi connectivity index (χ3v) is 3.25. The maximum Gasteiger partial charge on any atom is 0.231 e. The van der Waals surface area contributed by atoms with Gasteiger partial charge in [-0.1, -0.05) is 0 Å². The highest BCUT2D eigenvalue weighted by molar-refractivity contribution is 6.20. The van der Waals surface area contributed by atoms with E-state index in [1.165, 1.54) is 0 Å². The number of hydrogen-bond acceptors (Lipinski definition) is 3. The van der Waals surface area contributed by atoms with Crippen molar-refractivity contribution in [2.45, 2.75) is 13.8 Å². The molecule has 0 saturated carbocycles. The molecule has 0 fully saturated rings. The fourth-order valence-electron chi connectivity index (χ4n) is 1.34. The second-order valence-electron chi connectivity index (χ2n) is 4.54. The van der Waals surface area contributed by atoms with Gasteiger partial charge in [0.2, 0.25) is 12.7 Å². The average molecular weight is 256 g/mol. The van der Waals surface area contributed by atoms with Gasteiger partial charge in [0.25, 0.3) is 0 Å². The zero-order valence-electron chi connectivity index (χ0n) is 9.75. The number of rotatable bonds is 3. The summed E-state index contributed by atoms with van der Waals surface area (Å²) >= 11 is 5.74. The Labute approximate surface area is 105 Å². The Morgan fingerprint density at radius 1 is 1.41 bits per heavy atom. The summed E-state index contributed by atoms with van der Waals surface area (Å²) in [4.78, 5) is 11.9. The molecule has 17 heavy (non-hydrogen) atoms. The van der Waals surface area contributed by atoms with Crippen molar-refractivity contribution < 1.29 is 14.3 Å². The quantitative estimate of drug-likeness (QED) is 0.845. The van der Waals surface area contributed by atoms with Gasteiger partial charge in [0.15, 0.2) is 11.5 Å². The van der Waals surface area contributed by atoms with Crippen LogP contribution in [0.25, 0.3) is 0 Å². The van der Waals surface area contributed by atoms with Crippen molar-refractivity contribution in [3.63, 3.8) is 0 Å². The fraction of sp³-hybridized carbons (Fsp3) is 0.417. The molecule has 1 N–H and O–H groups in total. The predicted molar refractivity (Wildman–Crippen MR) is 65.7 cm³/mol. The van der Waals surface area contributed by atoms with Crippen LogP contribution in [-0.2, 0) is 4.79 Å². The number of ether oxygens (including phenoxy) is 2. The van der Waals surface area contributed by atoms with E-state index >= 15 is 0 Å². The third kappa shape index (κ3) is 2.47. The summed E-state index contributed by atoms with van der Waals surface area (Å²) in [6.45, 7) is 3.81. The van der Waals surface area contributed by atoms with Gasteiger partial charge >= 0.3 is 0 Å². The summed E-state index contributed by atoms with van der Waals surface area (Å²) in [5.41, 5.74) is 0.0789. The second kappa shape index (κ2) is 4.45. The summed E-state index contributed by atoms with van der Waals surface area (Å²) < 4.78 is 10.4. The van der Waals surface area contributed by atoms with E-state index in [2.05, 4.69) is 5.32 Å². The molecule has 0 bridgehead atoms. The van der Waals surface area contributed by atoms with Crippen molar-refractivity contribution in [1.29, 1.82) is 0 Å². The molecule has 1 aromatic rings. The van der Waals surface area contributed by atoms with Crippen LogP contribution >= 0.6 is 11.6 Å². The number of anilines is 1. The first-order chi connectivity index (χ1) is 8.03. The Balaban J connectivity index is 2.12. The lowest BCUT2D eigenvalue weighted by Crippen LogP contribution is -2.32. The molecule has 4 nitrogen and oxygen atoms in total. The van der Waals surface area contributed by atoms with E-state index in [4.69, 9.17) is 21.1 Å². The van der Waals surface area contributed by atoms with Crippen LogP contribution in [0.4, 0.5) is 5.69 Å². The molecule has 0 unspecified atom stereocenters. The number of amides is 1. The molecule has 0 aromatic heterocycles. The Kier molecular flexibility index (Phi) is 3.15. The monoisotopic (exact) mass is 255 g/mol. The van der Waals surface area contributed by atoms with E-state index in [0.29, 0.717) is 17.2 Å². The van der Waals surface area contributed by atoms with Crippen molar-refractivity contribution in [3.8, 4) is 11.5 Å². The van der Waals surface area contributed by atoms with Crippen LogP contribution in [0, 0.1) is 5.41 Å². The highest BCUT2D eigenvalue weighted by atomic mass is 35.5. The molecule has 0 radical (unpaired) electrons. The lowest BCUT2D eigenvalue weighted by molar-refractivity contribution is -0.122. The van der Waals surface area contributed by atoms with Crippen LogP contribution in [0.5, 0.6) is 11.5 Å². The largest absolute Gasteiger partial charge is 0.454 e. The standard InChI is InChI=1S/C12H14ClNO3/c1-12(2,6-13)11(15)14-8-3-4-9-10(5-8)17-7-16-9/h3-5H,6-7H2,1-2H3,(H,14,15). The molecular weight excluding hydrogens is 242 g/mol. The molecule has 1 aliphatic heterocycles. The third-order valence-electron chi connectivity index (χ3n) is 2.58. The van der Waals surface area contributed by atoms with Crippen LogP contribution in [0.2, 0.25) is 0 Å². The van der Waals surface area contributed by atoms with Crippen molar-refractivity contribution >= 4 is 23.2 Å². The molecule has 0 aliphatic carbocycles. The van der Waals surface area contributed by atoms with Crippen molar-refractivity contribution in [2.24, 2.45) is 5.41 Å². The highest BCUT2D eigenvalue weighted by Crippen LogP contribution is 2.34. The summed E-state index contributed by atoms with van der Waals surface area (Å²) in [7, 11) is 0. The minimum atomic E-state index is -0.599. The summed E-state index contributed by atoms with van der Waals surface area (Å²) in [6.07, 6.45) is 0. The van der Waals surface area contributed by atoms with Gasteiger partial charge in [0.05, 0.1) is 5.41 Å². The molecule has 2 rings (SSSR count). The summed E-state index contributed by atoms with van der Waals surface area (Å²) in [6, 6.07) is 5.28. The van der Waals surface area contributed by atoms with Crippen molar-refractivity contribution in [1.82, 2.24) is 0 Å². The first kappa shape index (κ1) is 12.0. The molecule has 1 amide bonds. The van der Waals surface area contributed by atoms with Gasteiger partial charge in [-0.05, 0) is 26.0 Å². The van der Waals surface area contributed by atoms with Crippen LogP contribution in [0.15, 0.2) is 18.2 Å². The number of benzene rings is 1. The maximum absolute atomic E-state index is 11.9. The highest BCUT2D eigenvalue weighted by Gasteiger charge is 2.26. The zero-order valence-corrected chi connectivity index (χ0v) is 10.5. The number of alkyl halides is 1.